The van der Waals surface area contributed by atoms with E-state index in [1.807, 2.05) is 0 Å². The van der Waals surface area contributed by atoms with E-state index >= 15 is 0 Å². The molecule has 9 heteroatoms. The molecule has 0 amide bonds. The summed E-state index contributed by atoms with van der Waals surface area (Å²) in [5, 5.41) is 8.90. The molecule has 0 radical (unpaired) electrons. The SMILES string of the molecule is CCN(CC(=O)OC)S(=O)(=O)c1cc(C(=O)O)sc1C. The van der Waals surface area contributed by atoms with Crippen molar-refractivity contribution in [2.45, 2.75) is 18.7 Å². The molecule has 1 aromatic rings. The minimum atomic E-state index is -3.92. The van der Waals surface area contributed by atoms with E-state index in [9.17, 15) is 18.0 Å². The Morgan fingerprint density at radius 1 is 1.45 bits per heavy atom. The first kappa shape index (κ1) is 16.6. The molecule has 0 aliphatic carbocycles. The van der Waals surface area contributed by atoms with Crippen molar-refractivity contribution in [2.24, 2.45) is 0 Å². The van der Waals surface area contributed by atoms with Gasteiger partial charge in [0.05, 0.1) is 12.0 Å². The fourth-order valence-corrected chi connectivity index (χ4v) is 4.33. The van der Waals surface area contributed by atoms with Crippen LogP contribution in [0.4, 0.5) is 0 Å². The van der Waals surface area contributed by atoms with Crippen LogP contribution in [0.25, 0.3) is 0 Å². The molecule has 112 valence electrons. The molecule has 0 bridgehead atoms. The number of likely N-dealkylation sites (N-methyl/N-ethyl adjacent to an activating group) is 1. The fraction of sp³-hybridized carbons (Fsp3) is 0.455. The first-order chi connectivity index (χ1) is 9.23. The highest BCUT2D eigenvalue weighted by atomic mass is 32.2. The van der Waals surface area contributed by atoms with E-state index in [0.717, 1.165) is 21.7 Å². The Hall–Kier alpha value is -1.45. The summed E-state index contributed by atoms with van der Waals surface area (Å²) >= 11 is 0.880. The predicted octanol–water partition coefficient (Wildman–Crippen LogP) is 0.938. The minimum absolute atomic E-state index is 0.0600. The zero-order valence-electron chi connectivity index (χ0n) is 11.2. The van der Waals surface area contributed by atoms with E-state index in [4.69, 9.17) is 5.11 Å². The molecule has 1 heterocycles. The Labute approximate surface area is 120 Å². The first-order valence-electron chi connectivity index (χ1n) is 5.64. The summed E-state index contributed by atoms with van der Waals surface area (Å²) < 4.78 is 30.2. The van der Waals surface area contributed by atoms with E-state index in [2.05, 4.69) is 4.74 Å². The number of rotatable bonds is 6. The van der Waals surface area contributed by atoms with Crippen LogP contribution in [0.1, 0.15) is 21.5 Å². The summed E-state index contributed by atoms with van der Waals surface area (Å²) in [6, 6.07) is 1.11. The van der Waals surface area contributed by atoms with Gasteiger partial charge in [-0.15, -0.1) is 11.3 Å². The number of carboxylic acids is 1. The number of carbonyl (C=O) groups is 2. The molecule has 0 aromatic carbocycles. The maximum Gasteiger partial charge on any atom is 0.345 e. The summed E-state index contributed by atoms with van der Waals surface area (Å²) in [5.41, 5.74) is 0. The normalized spacial score (nSPS) is 11.6. The lowest BCUT2D eigenvalue weighted by Crippen LogP contribution is -2.36. The average molecular weight is 321 g/mol. The Morgan fingerprint density at radius 2 is 2.05 bits per heavy atom. The number of aromatic carboxylic acids is 1. The number of methoxy groups -OCH3 is 1. The van der Waals surface area contributed by atoms with Crippen molar-refractivity contribution in [3.8, 4) is 0 Å². The topological polar surface area (TPSA) is 101 Å². The number of nitrogens with zero attached hydrogens (tertiary/aromatic N) is 1. The van der Waals surface area contributed by atoms with E-state index in [1.165, 1.54) is 14.0 Å². The van der Waals surface area contributed by atoms with Crippen LogP contribution in [0.3, 0.4) is 0 Å². The molecule has 1 rings (SSSR count). The van der Waals surface area contributed by atoms with Crippen LogP contribution in [-0.2, 0) is 19.6 Å². The lowest BCUT2D eigenvalue weighted by atomic mass is 10.4. The molecule has 7 nitrogen and oxygen atoms in total. The summed E-state index contributed by atoms with van der Waals surface area (Å²) in [4.78, 5) is 22.3. The zero-order chi connectivity index (χ0) is 15.5. The lowest BCUT2D eigenvalue weighted by Gasteiger charge is -2.18. The van der Waals surface area contributed by atoms with Crippen molar-refractivity contribution in [2.75, 3.05) is 20.2 Å². The molecule has 0 atom stereocenters. The van der Waals surface area contributed by atoms with Gasteiger partial charge in [-0.3, -0.25) is 4.79 Å². The molecular weight excluding hydrogens is 306 g/mol. The van der Waals surface area contributed by atoms with Crippen molar-refractivity contribution in [3.05, 3.63) is 15.8 Å². The largest absolute Gasteiger partial charge is 0.477 e. The van der Waals surface area contributed by atoms with Gasteiger partial charge in [0.2, 0.25) is 10.0 Å². The molecule has 1 N–H and O–H groups in total. The van der Waals surface area contributed by atoms with Crippen LogP contribution in [0.15, 0.2) is 11.0 Å². The Morgan fingerprint density at radius 3 is 2.45 bits per heavy atom. The molecule has 0 saturated heterocycles. The monoisotopic (exact) mass is 321 g/mol. The third-order valence-electron chi connectivity index (χ3n) is 2.59. The van der Waals surface area contributed by atoms with Gasteiger partial charge in [-0.1, -0.05) is 6.92 Å². The van der Waals surface area contributed by atoms with Crippen LogP contribution in [-0.4, -0.2) is 50.0 Å². The van der Waals surface area contributed by atoms with Gasteiger partial charge in [0.1, 0.15) is 11.4 Å². The Bertz CT molecular complexity index is 619. The van der Waals surface area contributed by atoms with Crippen LogP contribution < -0.4 is 0 Å². The quantitative estimate of drug-likeness (QED) is 0.783. The maximum atomic E-state index is 12.4. The van der Waals surface area contributed by atoms with Gasteiger partial charge in [-0.05, 0) is 13.0 Å². The molecular formula is C11H15NO6S2. The third-order valence-corrected chi connectivity index (χ3v) is 5.80. The van der Waals surface area contributed by atoms with Gasteiger partial charge >= 0.3 is 11.9 Å². The molecule has 0 unspecified atom stereocenters. The highest BCUT2D eigenvalue weighted by Crippen LogP contribution is 2.28. The number of hydrogen-bond acceptors (Lipinski definition) is 6. The summed E-state index contributed by atoms with van der Waals surface area (Å²) in [5.74, 6) is -1.86. The van der Waals surface area contributed by atoms with E-state index in [-0.39, 0.29) is 16.3 Å². The van der Waals surface area contributed by atoms with E-state index < -0.39 is 28.5 Å². The van der Waals surface area contributed by atoms with Crippen molar-refractivity contribution in [1.29, 1.82) is 0 Å². The smallest absolute Gasteiger partial charge is 0.345 e. The van der Waals surface area contributed by atoms with E-state index in [1.54, 1.807) is 6.92 Å². The van der Waals surface area contributed by atoms with Gasteiger partial charge < -0.3 is 9.84 Å². The van der Waals surface area contributed by atoms with Gasteiger partial charge in [0, 0.05) is 11.4 Å². The number of aryl methyl sites for hydroxylation is 1. The summed E-state index contributed by atoms with van der Waals surface area (Å²) in [6.07, 6.45) is 0. The number of ether oxygens (including phenoxy) is 1. The first-order valence-corrected chi connectivity index (χ1v) is 7.90. The van der Waals surface area contributed by atoms with Gasteiger partial charge in [-0.2, -0.15) is 4.31 Å². The molecule has 0 aliphatic heterocycles. The van der Waals surface area contributed by atoms with Crippen LogP contribution >= 0.6 is 11.3 Å². The lowest BCUT2D eigenvalue weighted by molar-refractivity contribution is -0.140. The average Bonchev–Trinajstić information content (AvgIpc) is 2.78. The van der Waals surface area contributed by atoms with Gasteiger partial charge in [-0.25, -0.2) is 13.2 Å². The summed E-state index contributed by atoms with van der Waals surface area (Å²) in [7, 11) is -2.75. The van der Waals surface area contributed by atoms with Crippen LogP contribution in [0, 0.1) is 6.92 Å². The molecule has 0 spiro atoms. The molecule has 20 heavy (non-hydrogen) atoms. The molecule has 0 fully saturated rings. The second kappa shape index (κ2) is 6.33. The zero-order valence-corrected chi connectivity index (χ0v) is 12.9. The van der Waals surface area contributed by atoms with Crippen molar-refractivity contribution >= 4 is 33.3 Å². The van der Waals surface area contributed by atoms with Crippen molar-refractivity contribution in [3.63, 3.8) is 0 Å². The number of esters is 1. The summed E-state index contributed by atoms with van der Waals surface area (Å²) in [6.45, 7) is 2.78. The second-order valence-electron chi connectivity index (χ2n) is 3.84. The predicted molar refractivity (Wildman–Crippen MR) is 72.5 cm³/mol. The van der Waals surface area contributed by atoms with Crippen molar-refractivity contribution < 1.29 is 27.9 Å². The number of sulfonamides is 1. The number of carboxylic acid groups (broad SMARTS) is 1. The number of hydrogen-bond donors (Lipinski definition) is 1. The highest BCUT2D eigenvalue weighted by Gasteiger charge is 2.29. The van der Waals surface area contributed by atoms with E-state index in [0.29, 0.717) is 4.88 Å². The van der Waals surface area contributed by atoms with Gasteiger partial charge in [0.25, 0.3) is 0 Å². The van der Waals surface area contributed by atoms with Crippen LogP contribution in [0.2, 0.25) is 0 Å². The maximum absolute atomic E-state index is 12.4. The number of carbonyl (C=O) groups excluding carboxylic acids is 1. The standard InChI is InChI=1S/C11H15NO6S2/c1-4-12(6-10(13)18-3)20(16,17)9-5-8(11(14)15)19-7(9)2/h5H,4,6H2,1-3H3,(H,14,15). The minimum Gasteiger partial charge on any atom is -0.477 e. The Kier molecular flexibility index (Phi) is 5.26. The van der Waals surface area contributed by atoms with Crippen LogP contribution in [0.5, 0.6) is 0 Å². The highest BCUT2D eigenvalue weighted by molar-refractivity contribution is 7.89. The third kappa shape index (κ3) is 3.35. The number of thiophene rings is 1. The molecule has 0 aliphatic rings. The Balaban J connectivity index is 3.20. The second-order valence-corrected chi connectivity index (χ2v) is 7.01. The van der Waals surface area contributed by atoms with Crippen molar-refractivity contribution in [1.82, 2.24) is 4.31 Å². The fourth-order valence-electron chi connectivity index (χ4n) is 1.54. The van der Waals surface area contributed by atoms with Gasteiger partial charge in [0.15, 0.2) is 0 Å². The molecule has 1 aromatic heterocycles. The molecule has 0 saturated carbocycles.